The van der Waals surface area contributed by atoms with Crippen LogP contribution in [0.3, 0.4) is 0 Å². The van der Waals surface area contributed by atoms with Gasteiger partial charge in [0.25, 0.3) is 5.91 Å². The molecule has 0 aliphatic carbocycles. The van der Waals surface area contributed by atoms with E-state index in [-0.39, 0.29) is 30.3 Å². The lowest BCUT2D eigenvalue weighted by Gasteiger charge is -2.35. The lowest BCUT2D eigenvalue weighted by molar-refractivity contribution is -0.153. The summed E-state index contributed by atoms with van der Waals surface area (Å²) in [5.41, 5.74) is 0.242. The van der Waals surface area contributed by atoms with Gasteiger partial charge >= 0.3 is 6.18 Å². The Kier molecular flexibility index (Phi) is 3.66. The van der Waals surface area contributed by atoms with Gasteiger partial charge in [0.1, 0.15) is 5.75 Å². The van der Waals surface area contributed by atoms with E-state index in [9.17, 15) is 18.0 Å². The van der Waals surface area contributed by atoms with Crippen molar-refractivity contribution in [2.75, 3.05) is 19.7 Å². The van der Waals surface area contributed by atoms with E-state index in [0.29, 0.717) is 0 Å². The number of halogens is 3. The van der Waals surface area contributed by atoms with Crippen LogP contribution in [0.1, 0.15) is 10.4 Å². The Bertz CT molecular complexity index is 470. The molecule has 0 unspecified atom stereocenters. The molecule has 0 aromatic heterocycles. The van der Waals surface area contributed by atoms with Crippen LogP contribution in [0.4, 0.5) is 13.2 Å². The molecule has 1 aromatic carbocycles. The number of aliphatic hydroxyl groups is 1. The Labute approximate surface area is 107 Å². The summed E-state index contributed by atoms with van der Waals surface area (Å²) in [7, 11) is 0. The molecule has 0 atom stereocenters. The minimum Gasteiger partial charge on any atom is -0.484 e. The molecule has 1 amide bonds. The van der Waals surface area contributed by atoms with Gasteiger partial charge in [0.2, 0.25) is 0 Å². The highest BCUT2D eigenvalue weighted by Gasteiger charge is 2.30. The van der Waals surface area contributed by atoms with Crippen molar-refractivity contribution in [1.82, 2.24) is 4.90 Å². The first-order chi connectivity index (χ1) is 8.85. The van der Waals surface area contributed by atoms with Crippen LogP contribution in [0.15, 0.2) is 24.3 Å². The molecule has 1 aliphatic heterocycles. The van der Waals surface area contributed by atoms with Crippen LogP contribution in [-0.2, 0) is 0 Å². The monoisotopic (exact) mass is 275 g/mol. The number of hydrogen-bond donors (Lipinski definition) is 1. The average molecular weight is 275 g/mol. The molecule has 2 rings (SSSR count). The summed E-state index contributed by atoms with van der Waals surface area (Å²) in [4.78, 5) is 13.3. The lowest BCUT2D eigenvalue weighted by Crippen LogP contribution is -2.53. The molecule has 1 heterocycles. The molecule has 0 spiro atoms. The lowest BCUT2D eigenvalue weighted by atomic mass is 10.1. The minimum atomic E-state index is -4.42. The van der Waals surface area contributed by atoms with Crippen LogP contribution < -0.4 is 4.74 Å². The van der Waals surface area contributed by atoms with Crippen molar-refractivity contribution < 1.29 is 27.8 Å². The summed E-state index contributed by atoms with van der Waals surface area (Å²) in [6, 6.07) is 5.56. The Balaban J connectivity index is 2.00. The van der Waals surface area contributed by atoms with E-state index in [0.717, 1.165) is 0 Å². The Hall–Kier alpha value is -1.76. The molecule has 7 heteroatoms. The van der Waals surface area contributed by atoms with E-state index < -0.39 is 18.9 Å². The number of alkyl halides is 3. The quantitative estimate of drug-likeness (QED) is 0.908. The SMILES string of the molecule is O=C(c1cccc(OCC(F)(F)F)c1)N1CC(O)C1. The maximum absolute atomic E-state index is 12.0. The number of carbonyl (C=O) groups excluding carboxylic acids is 1. The third kappa shape index (κ3) is 3.60. The van der Waals surface area contributed by atoms with Gasteiger partial charge in [0.05, 0.1) is 6.10 Å². The van der Waals surface area contributed by atoms with Crippen LogP contribution in [0, 0.1) is 0 Å². The number of hydrogen-bond acceptors (Lipinski definition) is 3. The summed E-state index contributed by atoms with van der Waals surface area (Å²) in [6.45, 7) is -0.911. The first kappa shape index (κ1) is 13.7. The van der Waals surface area contributed by atoms with Crippen molar-refractivity contribution in [3.05, 3.63) is 29.8 Å². The van der Waals surface area contributed by atoms with Gasteiger partial charge in [-0.25, -0.2) is 0 Å². The van der Waals surface area contributed by atoms with Gasteiger partial charge in [0, 0.05) is 18.7 Å². The summed E-state index contributed by atoms with van der Waals surface area (Å²) in [5.74, 6) is -0.341. The molecule has 1 N–H and O–H groups in total. The number of ether oxygens (including phenoxy) is 1. The highest BCUT2D eigenvalue weighted by Crippen LogP contribution is 2.21. The molecular formula is C12H12F3NO3. The fourth-order valence-electron chi connectivity index (χ4n) is 1.69. The van der Waals surface area contributed by atoms with Crippen molar-refractivity contribution in [2.45, 2.75) is 12.3 Å². The molecule has 19 heavy (non-hydrogen) atoms. The van der Waals surface area contributed by atoms with E-state index >= 15 is 0 Å². The third-order valence-corrected chi connectivity index (χ3v) is 2.63. The summed E-state index contributed by atoms with van der Waals surface area (Å²) < 4.78 is 40.6. The van der Waals surface area contributed by atoms with E-state index in [1.807, 2.05) is 0 Å². The molecule has 1 saturated heterocycles. The largest absolute Gasteiger partial charge is 0.484 e. The number of nitrogens with zero attached hydrogens (tertiary/aromatic N) is 1. The highest BCUT2D eigenvalue weighted by atomic mass is 19.4. The van der Waals surface area contributed by atoms with Crippen LogP contribution in [-0.4, -0.2) is 47.9 Å². The van der Waals surface area contributed by atoms with E-state index in [1.165, 1.54) is 29.2 Å². The first-order valence-electron chi connectivity index (χ1n) is 5.62. The summed E-state index contributed by atoms with van der Waals surface area (Å²) in [6.07, 6.45) is -4.93. The van der Waals surface area contributed by atoms with E-state index in [4.69, 9.17) is 5.11 Å². The second-order valence-electron chi connectivity index (χ2n) is 4.30. The van der Waals surface area contributed by atoms with Crippen molar-refractivity contribution in [3.63, 3.8) is 0 Å². The molecule has 104 valence electrons. The molecule has 1 aromatic rings. The number of likely N-dealkylation sites (tertiary alicyclic amines) is 1. The third-order valence-electron chi connectivity index (χ3n) is 2.63. The molecule has 1 aliphatic rings. The highest BCUT2D eigenvalue weighted by molar-refractivity contribution is 5.95. The second kappa shape index (κ2) is 5.08. The smallest absolute Gasteiger partial charge is 0.422 e. The molecule has 0 radical (unpaired) electrons. The van der Waals surface area contributed by atoms with Gasteiger partial charge in [-0.1, -0.05) is 6.07 Å². The number of β-amino-alcohol motifs (C(OH)–C–C–N with tert-alkyl or cyclic N) is 1. The number of carbonyl (C=O) groups is 1. The van der Waals surface area contributed by atoms with Crippen LogP contribution in [0.25, 0.3) is 0 Å². The van der Waals surface area contributed by atoms with Crippen LogP contribution in [0.5, 0.6) is 5.75 Å². The summed E-state index contributed by atoms with van der Waals surface area (Å²) in [5, 5.41) is 9.10. The second-order valence-corrected chi connectivity index (χ2v) is 4.30. The fourth-order valence-corrected chi connectivity index (χ4v) is 1.69. The molecular weight excluding hydrogens is 263 g/mol. The van der Waals surface area contributed by atoms with Gasteiger partial charge in [-0.2, -0.15) is 13.2 Å². The normalized spacial score (nSPS) is 16.1. The van der Waals surface area contributed by atoms with Gasteiger partial charge in [-0.15, -0.1) is 0 Å². The standard InChI is InChI=1S/C12H12F3NO3/c13-12(14,15)7-19-10-3-1-2-8(4-10)11(18)16-5-9(17)6-16/h1-4,9,17H,5-7H2. The zero-order chi connectivity index (χ0) is 14.0. The fraction of sp³-hybridized carbons (Fsp3) is 0.417. The van der Waals surface area contributed by atoms with Crippen LogP contribution in [0.2, 0.25) is 0 Å². The average Bonchev–Trinajstić information content (AvgIpc) is 2.31. The molecule has 1 fully saturated rings. The van der Waals surface area contributed by atoms with Gasteiger partial charge in [-0.3, -0.25) is 4.79 Å². The number of benzene rings is 1. The Morgan fingerprint density at radius 1 is 1.42 bits per heavy atom. The van der Waals surface area contributed by atoms with Crippen LogP contribution >= 0.6 is 0 Å². The molecule has 4 nitrogen and oxygen atoms in total. The Morgan fingerprint density at radius 2 is 2.11 bits per heavy atom. The number of rotatable bonds is 3. The predicted molar refractivity (Wildman–Crippen MR) is 59.9 cm³/mol. The zero-order valence-corrected chi connectivity index (χ0v) is 9.85. The predicted octanol–water partition coefficient (Wildman–Crippen LogP) is 1.44. The maximum atomic E-state index is 12.0. The molecule has 0 saturated carbocycles. The number of amides is 1. The van der Waals surface area contributed by atoms with Gasteiger partial charge in [-0.05, 0) is 18.2 Å². The van der Waals surface area contributed by atoms with E-state index in [1.54, 1.807) is 0 Å². The first-order valence-corrected chi connectivity index (χ1v) is 5.62. The zero-order valence-electron chi connectivity index (χ0n) is 9.85. The Morgan fingerprint density at radius 3 is 2.68 bits per heavy atom. The van der Waals surface area contributed by atoms with E-state index in [2.05, 4.69) is 4.74 Å². The van der Waals surface area contributed by atoms with Crippen molar-refractivity contribution >= 4 is 5.91 Å². The van der Waals surface area contributed by atoms with Crippen molar-refractivity contribution in [1.29, 1.82) is 0 Å². The van der Waals surface area contributed by atoms with Crippen molar-refractivity contribution in [3.8, 4) is 5.75 Å². The minimum absolute atomic E-state index is 0.00996. The van der Waals surface area contributed by atoms with Gasteiger partial charge in [0.15, 0.2) is 6.61 Å². The maximum Gasteiger partial charge on any atom is 0.422 e. The number of aliphatic hydroxyl groups excluding tert-OH is 1. The van der Waals surface area contributed by atoms with Crippen molar-refractivity contribution in [2.24, 2.45) is 0 Å². The summed E-state index contributed by atoms with van der Waals surface area (Å²) >= 11 is 0. The molecule has 0 bridgehead atoms. The topological polar surface area (TPSA) is 49.8 Å². The van der Waals surface area contributed by atoms with Gasteiger partial charge < -0.3 is 14.7 Å².